The van der Waals surface area contributed by atoms with Gasteiger partial charge in [0.05, 0.1) is 16.0 Å². The minimum atomic E-state index is -0.322. The molecule has 0 saturated heterocycles. The first kappa shape index (κ1) is 17.1. The predicted octanol–water partition coefficient (Wildman–Crippen LogP) is 5.19. The van der Waals surface area contributed by atoms with Crippen molar-refractivity contribution >= 4 is 28.2 Å². The molecule has 4 aromatic rings. The highest BCUT2D eigenvalue weighted by Gasteiger charge is 2.23. The molecule has 0 atom stereocenters. The highest BCUT2D eigenvalue weighted by atomic mass is 32.1. The molecule has 0 N–H and O–H groups in total. The molecule has 0 saturated carbocycles. The Morgan fingerprint density at radius 1 is 1.11 bits per heavy atom. The molecule has 1 aliphatic rings. The number of ether oxygens (including phenoxy) is 1. The number of benzene rings is 1. The predicted molar refractivity (Wildman–Crippen MR) is 107 cm³/mol. The van der Waals surface area contributed by atoms with Crippen LogP contribution in [0.5, 0.6) is 0 Å². The first-order chi connectivity index (χ1) is 13.8. The molecule has 0 radical (unpaired) electrons. The summed E-state index contributed by atoms with van der Waals surface area (Å²) in [6, 6.07) is 11.7. The number of oxazole rings is 1. The number of rotatable bonds is 4. The summed E-state index contributed by atoms with van der Waals surface area (Å²) in [5.74, 6) is 0.227. The van der Waals surface area contributed by atoms with E-state index in [2.05, 4.69) is 4.98 Å². The van der Waals surface area contributed by atoms with E-state index in [1.807, 2.05) is 41.8 Å². The van der Waals surface area contributed by atoms with E-state index in [4.69, 9.17) is 14.1 Å². The monoisotopic (exact) mass is 390 g/mol. The summed E-state index contributed by atoms with van der Waals surface area (Å²) < 4.78 is 11.1. The van der Waals surface area contributed by atoms with E-state index in [0.717, 1.165) is 52.7 Å². The van der Waals surface area contributed by atoms with Gasteiger partial charge >= 0.3 is 5.97 Å². The fraction of sp³-hybridized carbons (Fsp3) is 0.227. The SMILES string of the molecule is O=C(OCc1coc(-c2cccs2)n1)c1c2c(nc3ccccc13)CCCC2. The van der Waals surface area contributed by atoms with Crippen LogP contribution in [0.25, 0.3) is 21.7 Å². The number of carbonyl (C=O) groups excluding carboxylic acids is 1. The molecule has 0 unspecified atom stereocenters. The molecule has 0 spiro atoms. The Labute approximate surface area is 166 Å². The largest absolute Gasteiger partial charge is 0.455 e. The van der Waals surface area contributed by atoms with Crippen molar-refractivity contribution in [1.29, 1.82) is 0 Å². The summed E-state index contributed by atoms with van der Waals surface area (Å²) in [5, 5.41) is 2.82. The molecule has 0 bridgehead atoms. The van der Waals surface area contributed by atoms with Gasteiger partial charge in [-0.3, -0.25) is 4.98 Å². The Balaban J connectivity index is 1.43. The number of aryl methyl sites for hydroxylation is 1. The van der Waals surface area contributed by atoms with E-state index in [9.17, 15) is 4.79 Å². The minimum Gasteiger partial charge on any atom is -0.455 e. The second-order valence-corrected chi connectivity index (χ2v) is 7.78. The molecule has 1 aromatic carbocycles. The van der Waals surface area contributed by atoms with E-state index in [1.165, 1.54) is 0 Å². The van der Waals surface area contributed by atoms with Crippen LogP contribution in [-0.2, 0) is 24.2 Å². The lowest BCUT2D eigenvalue weighted by Crippen LogP contribution is -2.15. The van der Waals surface area contributed by atoms with Gasteiger partial charge in [-0.15, -0.1) is 11.3 Å². The van der Waals surface area contributed by atoms with Crippen LogP contribution in [0.3, 0.4) is 0 Å². The van der Waals surface area contributed by atoms with Crippen LogP contribution in [0.2, 0.25) is 0 Å². The zero-order chi connectivity index (χ0) is 18.9. The molecular formula is C22H18N2O3S. The molecule has 3 heterocycles. The Bertz CT molecular complexity index is 1150. The van der Waals surface area contributed by atoms with Gasteiger partial charge in [-0.1, -0.05) is 24.3 Å². The number of thiophene rings is 1. The average molecular weight is 390 g/mol. The van der Waals surface area contributed by atoms with Crippen molar-refractivity contribution in [2.45, 2.75) is 32.3 Å². The molecule has 0 fully saturated rings. The molecule has 5 nitrogen and oxygen atoms in total. The van der Waals surface area contributed by atoms with Crippen molar-refractivity contribution in [1.82, 2.24) is 9.97 Å². The van der Waals surface area contributed by atoms with Crippen molar-refractivity contribution in [3.63, 3.8) is 0 Å². The molecule has 3 aromatic heterocycles. The van der Waals surface area contributed by atoms with Gasteiger partial charge in [-0.05, 0) is 48.8 Å². The standard InChI is InChI=1S/C22H18N2O3S/c25-22(27-13-14-12-26-21(23-14)19-10-5-11-28-19)20-15-6-1-3-8-17(15)24-18-9-4-2-7-16(18)20/h1,3,5-6,8,10-12H,2,4,7,9,13H2. The van der Waals surface area contributed by atoms with Crippen molar-refractivity contribution in [2.75, 3.05) is 0 Å². The van der Waals surface area contributed by atoms with Gasteiger partial charge < -0.3 is 9.15 Å². The van der Waals surface area contributed by atoms with E-state index in [1.54, 1.807) is 17.6 Å². The number of hydrogen-bond donors (Lipinski definition) is 0. The fourth-order valence-electron chi connectivity index (χ4n) is 3.70. The third-order valence-electron chi connectivity index (χ3n) is 5.01. The topological polar surface area (TPSA) is 65.2 Å². The number of aromatic nitrogens is 2. The van der Waals surface area contributed by atoms with Gasteiger partial charge in [-0.25, -0.2) is 9.78 Å². The maximum atomic E-state index is 13.0. The number of para-hydroxylation sites is 1. The third-order valence-corrected chi connectivity index (χ3v) is 5.87. The molecule has 0 amide bonds. The van der Waals surface area contributed by atoms with Gasteiger partial charge in [0, 0.05) is 11.1 Å². The lowest BCUT2D eigenvalue weighted by atomic mass is 9.90. The number of hydrogen-bond acceptors (Lipinski definition) is 6. The van der Waals surface area contributed by atoms with Crippen LogP contribution in [0.15, 0.2) is 52.5 Å². The van der Waals surface area contributed by atoms with Gasteiger partial charge in [0.2, 0.25) is 5.89 Å². The lowest BCUT2D eigenvalue weighted by Gasteiger charge is -2.19. The van der Waals surface area contributed by atoms with Crippen molar-refractivity contribution in [2.24, 2.45) is 0 Å². The Morgan fingerprint density at radius 3 is 2.89 bits per heavy atom. The molecule has 28 heavy (non-hydrogen) atoms. The summed E-state index contributed by atoms with van der Waals surface area (Å²) in [6.07, 6.45) is 5.50. The van der Waals surface area contributed by atoms with Crippen LogP contribution in [0, 0.1) is 0 Å². The van der Waals surface area contributed by atoms with Crippen molar-refractivity contribution in [3.05, 3.63) is 70.6 Å². The first-order valence-electron chi connectivity index (χ1n) is 9.35. The summed E-state index contributed by atoms with van der Waals surface area (Å²) in [7, 11) is 0. The Morgan fingerprint density at radius 2 is 2.00 bits per heavy atom. The third kappa shape index (κ3) is 3.10. The number of pyridine rings is 1. The number of nitrogens with zero attached hydrogens (tertiary/aromatic N) is 2. The zero-order valence-electron chi connectivity index (χ0n) is 15.2. The second kappa shape index (κ2) is 7.20. The Hall–Kier alpha value is -2.99. The summed E-state index contributed by atoms with van der Waals surface area (Å²) in [5.41, 5.74) is 4.16. The van der Waals surface area contributed by atoms with Crippen LogP contribution >= 0.6 is 11.3 Å². The minimum absolute atomic E-state index is 0.0825. The Kier molecular flexibility index (Phi) is 4.41. The summed E-state index contributed by atoms with van der Waals surface area (Å²) >= 11 is 1.56. The average Bonchev–Trinajstić information content (AvgIpc) is 3.42. The first-order valence-corrected chi connectivity index (χ1v) is 10.2. The summed E-state index contributed by atoms with van der Waals surface area (Å²) in [4.78, 5) is 23.2. The zero-order valence-corrected chi connectivity index (χ0v) is 16.0. The maximum Gasteiger partial charge on any atom is 0.339 e. The highest BCUT2D eigenvalue weighted by molar-refractivity contribution is 7.13. The quantitative estimate of drug-likeness (QED) is 0.449. The lowest BCUT2D eigenvalue weighted by molar-refractivity contribution is 0.0468. The normalized spacial score (nSPS) is 13.4. The number of esters is 1. The van der Waals surface area contributed by atoms with E-state index in [-0.39, 0.29) is 12.6 Å². The van der Waals surface area contributed by atoms with Gasteiger partial charge in [0.1, 0.15) is 18.6 Å². The van der Waals surface area contributed by atoms with E-state index >= 15 is 0 Å². The van der Waals surface area contributed by atoms with E-state index < -0.39 is 0 Å². The van der Waals surface area contributed by atoms with Gasteiger partial charge in [-0.2, -0.15) is 0 Å². The summed E-state index contributed by atoms with van der Waals surface area (Å²) in [6.45, 7) is 0.0825. The molecule has 5 rings (SSSR count). The number of carbonyl (C=O) groups is 1. The molecule has 6 heteroatoms. The second-order valence-electron chi connectivity index (χ2n) is 6.83. The van der Waals surface area contributed by atoms with Gasteiger partial charge in [0.15, 0.2) is 0 Å². The van der Waals surface area contributed by atoms with Crippen molar-refractivity contribution < 1.29 is 13.9 Å². The maximum absolute atomic E-state index is 13.0. The van der Waals surface area contributed by atoms with Crippen LogP contribution in [0.4, 0.5) is 0 Å². The van der Waals surface area contributed by atoms with E-state index in [0.29, 0.717) is 17.1 Å². The molecular weight excluding hydrogens is 372 g/mol. The number of fused-ring (bicyclic) bond motifs is 2. The highest BCUT2D eigenvalue weighted by Crippen LogP contribution is 2.30. The fourth-order valence-corrected chi connectivity index (χ4v) is 4.36. The van der Waals surface area contributed by atoms with Crippen molar-refractivity contribution in [3.8, 4) is 10.8 Å². The molecule has 1 aliphatic carbocycles. The van der Waals surface area contributed by atoms with Crippen LogP contribution < -0.4 is 0 Å². The smallest absolute Gasteiger partial charge is 0.339 e. The molecule has 0 aliphatic heterocycles. The van der Waals surface area contributed by atoms with Crippen LogP contribution in [-0.4, -0.2) is 15.9 Å². The van der Waals surface area contributed by atoms with Gasteiger partial charge in [0.25, 0.3) is 0 Å². The van der Waals surface area contributed by atoms with Crippen LogP contribution in [0.1, 0.15) is 40.2 Å². The molecule has 140 valence electrons.